The van der Waals surface area contributed by atoms with Crippen molar-refractivity contribution in [3.8, 4) is 0 Å². The van der Waals surface area contributed by atoms with Gasteiger partial charge in [-0.05, 0) is 18.6 Å². The van der Waals surface area contributed by atoms with Crippen molar-refractivity contribution < 1.29 is 4.74 Å². The van der Waals surface area contributed by atoms with E-state index in [1.807, 2.05) is 12.1 Å². The Hall–Kier alpha value is -1.20. The number of unbranched alkanes of at least 4 members (excludes halogenated alkanes) is 1. The van der Waals surface area contributed by atoms with Gasteiger partial charge in [0.15, 0.2) is 0 Å². The highest BCUT2D eigenvalue weighted by Gasteiger charge is 1.99. The molecule has 0 atom stereocenters. The number of pyridine rings is 1. The fourth-order valence-electron chi connectivity index (χ4n) is 1.29. The van der Waals surface area contributed by atoms with Crippen molar-refractivity contribution in [1.82, 2.24) is 4.98 Å². The van der Waals surface area contributed by atoms with Gasteiger partial charge in [-0.15, -0.1) is 0 Å². The van der Waals surface area contributed by atoms with Crippen LogP contribution in [-0.2, 0) is 4.74 Å². The van der Waals surface area contributed by atoms with Gasteiger partial charge in [-0.2, -0.15) is 0 Å². The minimum Gasteiger partial charge on any atom is -0.388 e. The fourth-order valence-corrected chi connectivity index (χ4v) is 1.40. The number of ether oxygens (including phenoxy) is 1. The van der Waals surface area contributed by atoms with Gasteiger partial charge >= 0.3 is 0 Å². The average Bonchev–Trinajstić information content (AvgIpc) is 2.34. The Kier molecular flexibility index (Phi) is 6.50. The lowest BCUT2D eigenvalue weighted by molar-refractivity contribution is 0.141. The first-order valence-corrected chi connectivity index (χ1v) is 6.22. The van der Waals surface area contributed by atoms with Crippen LogP contribution in [0.1, 0.15) is 25.5 Å². The highest BCUT2D eigenvalue weighted by atomic mass is 32.1. The van der Waals surface area contributed by atoms with E-state index in [0.29, 0.717) is 17.3 Å². The summed E-state index contributed by atoms with van der Waals surface area (Å²) in [7, 11) is 0. The summed E-state index contributed by atoms with van der Waals surface area (Å²) in [6, 6.07) is 3.72. The van der Waals surface area contributed by atoms with E-state index in [1.165, 1.54) is 0 Å². The van der Waals surface area contributed by atoms with Crippen molar-refractivity contribution >= 4 is 22.9 Å². The molecule has 4 nitrogen and oxygen atoms in total. The number of hydrogen-bond acceptors (Lipinski definition) is 4. The molecule has 0 saturated heterocycles. The SMILES string of the molecule is CCCCOCCNc1ccnc(C(N)=S)c1. The van der Waals surface area contributed by atoms with E-state index >= 15 is 0 Å². The highest BCUT2D eigenvalue weighted by Crippen LogP contribution is 2.07. The number of nitrogens with zero attached hydrogens (tertiary/aromatic N) is 1. The number of thiocarbonyl (C=S) groups is 1. The molecule has 1 heterocycles. The molecule has 0 saturated carbocycles. The molecule has 1 aromatic heterocycles. The van der Waals surface area contributed by atoms with Crippen LogP contribution >= 0.6 is 12.2 Å². The first-order valence-electron chi connectivity index (χ1n) is 5.81. The van der Waals surface area contributed by atoms with Crippen LogP contribution in [0, 0.1) is 0 Å². The summed E-state index contributed by atoms with van der Waals surface area (Å²) in [5.74, 6) is 0. The van der Waals surface area contributed by atoms with E-state index < -0.39 is 0 Å². The highest BCUT2D eigenvalue weighted by molar-refractivity contribution is 7.80. The molecule has 0 fully saturated rings. The predicted molar refractivity (Wildman–Crippen MR) is 74.3 cm³/mol. The predicted octanol–water partition coefficient (Wildman–Crippen LogP) is 1.94. The molecule has 1 aromatic rings. The van der Waals surface area contributed by atoms with Crippen LogP contribution in [-0.4, -0.2) is 29.7 Å². The third-order valence-electron chi connectivity index (χ3n) is 2.23. The lowest BCUT2D eigenvalue weighted by Gasteiger charge is -2.07. The van der Waals surface area contributed by atoms with E-state index in [2.05, 4.69) is 17.2 Å². The summed E-state index contributed by atoms with van der Waals surface area (Å²) < 4.78 is 5.44. The Balaban J connectivity index is 2.27. The fraction of sp³-hybridized carbons (Fsp3) is 0.500. The molecule has 0 unspecified atom stereocenters. The van der Waals surface area contributed by atoms with Crippen LogP contribution in [0.15, 0.2) is 18.3 Å². The average molecular weight is 253 g/mol. The van der Waals surface area contributed by atoms with Crippen LogP contribution in [0.4, 0.5) is 5.69 Å². The van der Waals surface area contributed by atoms with Gasteiger partial charge in [0.05, 0.1) is 12.3 Å². The number of rotatable bonds is 8. The summed E-state index contributed by atoms with van der Waals surface area (Å²) in [6.07, 6.45) is 3.96. The number of nitrogens with two attached hydrogens (primary N) is 1. The van der Waals surface area contributed by atoms with Gasteiger partial charge in [-0.25, -0.2) is 0 Å². The second-order valence-corrected chi connectivity index (χ2v) is 4.13. The molecule has 5 heteroatoms. The van der Waals surface area contributed by atoms with Crippen LogP contribution in [0.5, 0.6) is 0 Å². The van der Waals surface area contributed by atoms with Gasteiger partial charge in [0.2, 0.25) is 0 Å². The molecule has 0 bridgehead atoms. The first kappa shape index (κ1) is 13.9. The molecule has 0 spiro atoms. The summed E-state index contributed by atoms with van der Waals surface area (Å²) in [5, 5.41) is 3.24. The van der Waals surface area contributed by atoms with E-state index in [-0.39, 0.29) is 0 Å². The quantitative estimate of drug-likeness (QED) is 0.548. The van der Waals surface area contributed by atoms with Gasteiger partial charge in [0, 0.05) is 25.0 Å². The molecular formula is C12H19N3OS. The van der Waals surface area contributed by atoms with Gasteiger partial charge in [0.25, 0.3) is 0 Å². The minimum absolute atomic E-state index is 0.313. The Bertz CT molecular complexity index is 357. The summed E-state index contributed by atoms with van der Waals surface area (Å²) in [4.78, 5) is 4.38. The van der Waals surface area contributed by atoms with Crippen molar-refractivity contribution in [3.63, 3.8) is 0 Å². The third kappa shape index (κ3) is 5.60. The molecule has 0 aliphatic carbocycles. The third-order valence-corrected chi connectivity index (χ3v) is 2.44. The molecule has 0 amide bonds. The lowest BCUT2D eigenvalue weighted by atomic mass is 10.3. The molecule has 0 aliphatic heterocycles. The Morgan fingerprint density at radius 2 is 2.35 bits per heavy atom. The van der Waals surface area contributed by atoms with Crippen molar-refractivity contribution in [2.75, 3.05) is 25.1 Å². The molecule has 3 N–H and O–H groups in total. The van der Waals surface area contributed by atoms with Gasteiger partial charge < -0.3 is 15.8 Å². The maximum Gasteiger partial charge on any atom is 0.122 e. The molecule has 1 rings (SSSR count). The normalized spacial score (nSPS) is 10.2. The molecular weight excluding hydrogens is 234 g/mol. The zero-order valence-corrected chi connectivity index (χ0v) is 10.9. The van der Waals surface area contributed by atoms with Crippen molar-refractivity contribution in [3.05, 3.63) is 24.0 Å². The zero-order valence-electron chi connectivity index (χ0n) is 10.1. The van der Waals surface area contributed by atoms with Crippen molar-refractivity contribution in [1.29, 1.82) is 0 Å². The van der Waals surface area contributed by atoms with Crippen molar-refractivity contribution in [2.24, 2.45) is 5.73 Å². The topological polar surface area (TPSA) is 60.2 Å². The van der Waals surface area contributed by atoms with Crippen LogP contribution in [0.2, 0.25) is 0 Å². The number of aromatic nitrogens is 1. The maximum absolute atomic E-state index is 5.51. The molecule has 17 heavy (non-hydrogen) atoms. The first-order chi connectivity index (χ1) is 8.24. The second-order valence-electron chi connectivity index (χ2n) is 3.69. The van der Waals surface area contributed by atoms with Gasteiger partial charge in [0.1, 0.15) is 4.99 Å². The molecule has 0 radical (unpaired) electrons. The molecule has 0 aromatic carbocycles. The monoisotopic (exact) mass is 253 g/mol. The number of hydrogen-bond donors (Lipinski definition) is 2. The number of anilines is 1. The van der Waals surface area contributed by atoms with E-state index in [0.717, 1.165) is 31.7 Å². The Morgan fingerprint density at radius 3 is 3.06 bits per heavy atom. The Morgan fingerprint density at radius 1 is 1.53 bits per heavy atom. The summed E-state index contributed by atoms with van der Waals surface area (Å²) >= 11 is 4.87. The lowest BCUT2D eigenvalue weighted by Crippen LogP contribution is -2.13. The van der Waals surface area contributed by atoms with Crippen LogP contribution in [0.25, 0.3) is 0 Å². The van der Waals surface area contributed by atoms with E-state index in [4.69, 9.17) is 22.7 Å². The smallest absolute Gasteiger partial charge is 0.122 e. The van der Waals surface area contributed by atoms with Crippen molar-refractivity contribution in [2.45, 2.75) is 19.8 Å². The van der Waals surface area contributed by atoms with Crippen LogP contribution in [0.3, 0.4) is 0 Å². The molecule has 94 valence electrons. The second kappa shape index (κ2) is 7.97. The van der Waals surface area contributed by atoms with Gasteiger partial charge in [-0.3, -0.25) is 4.98 Å². The van der Waals surface area contributed by atoms with E-state index in [1.54, 1.807) is 6.20 Å². The summed E-state index contributed by atoms with van der Waals surface area (Å²) in [6.45, 7) is 4.44. The van der Waals surface area contributed by atoms with Gasteiger partial charge in [-0.1, -0.05) is 25.6 Å². The maximum atomic E-state index is 5.51. The number of nitrogens with one attached hydrogen (secondary N) is 1. The minimum atomic E-state index is 0.313. The summed E-state index contributed by atoms with van der Waals surface area (Å²) in [5.41, 5.74) is 7.10. The molecule has 0 aliphatic rings. The zero-order chi connectivity index (χ0) is 12.5. The van der Waals surface area contributed by atoms with E-state index in [9.17, 15) is 0 Å². The Labute approximate surface area is 108 Å². The largest absolute Gasteiger partial charge is 0.388 e. The van der Waals surface area contributed by atoms with Crippen LogP contribution < -0.4 is 11.1 Å². The standard InChI is InChI=1S/C12H19N3OS/c1-2-3-7-16-8-6-14-10-4-5-15-11(9-10)12(13)17/h4-5,9H,2-3,6-8H2,1H3,(H2,13,17)(H,14,15).